The molecule has 9 heteroatoms. The number of hydrogen-bond acceptors (Lipinski definition) is 2. The van der Waals surface area contributed by atoms with Gasteiger partial charge in [-0.05, 0) is 72.9 Å². The lowest BCUT2D eigenvalue weighted by atomic mass is 9.62. The van der Waals surface area contributed by atoms with Crippen molar-refractivity contribution in [2.75, 3.05) is 20.1 Å². The molecule has 2 amide bonds. The number of alkyl halides is 4. The van der Waals surface area contributed by atoms with Gasteiger partial charge in [-0.2, -0.15) is 13.2 Å². The van der Waals surface area contributed by atoms with E-state index in [2.05, 4.69) is 0 Å². The summed E-state index contributed by atoms with van der Waals surface area (Å²) in [4.78, 5) is 28.8. The first kappa shape index (κ1) is 25.7. The molecule has 198 valence electrons. The molecule has 4 nitrogen and oxygen atoms in total. The van der Waals surface area contributed by atoms with Gasteiger partial charge in [0.05, 0.1) is 0 Å². The van der Waals surface area contributed by atoms with Crippen LogP contribution in [0.3, 0.4) is 0 Å². The van der Waals surface area contributed by atoms with Crippen LogP contribution in [-0.4, -0.2) is 54.0 Å². The van der Waals surface area contributed by atoms with Crippen molar-refractivity contribution in [1.29, 1.82) is 0 Å². The molecular weight excluding hydrogens is 491 g/mol. The Kier molecular flexibility index (Phi) is 6.11. The molecule has 2 aliphatic heterocycles. The summed E-state index contributed by atoms with van der Waals surface area (Å²) in [6, 6.07) is 9.67. The van der Waals surface area contributed by atoms with E-state index in [1.807, 2.05) is 0 Å². The van der Waals surface area contributed by atoms with E-state index in [-0.39, 0.29) is 23.5 Å². The number of hydrogen-bond donors (Lipinski definition) is 0. The van der Waals surface area contributed by atoms with Crippen molar-refractivity contribution in [2.24, 2.45) is 5.92 Å². The van der Waals surface area contributed by atoms with Crippen LogP contribution >= 0.6 is 0 Å². The number of amides is 2. The van der Waals surface area contributed by atoms with Gasteiger partial charge in [-0.15, -0.1) is 0 Å². The van der Waals surface area contributed by atoms with Crippen LogP contribution in [0.25, 0.3) is 0 Å². The van der Waals surface area contributed by atoms with Crippen molar-refractivity contribution >= 4 is 11.8 Å². The molecule has 3 aliphatic rings. The molecule has 0 aromatic heterocycles. The summed E-state index contributed by atoms with van der Waals surface area (Å²) >= 11 is 0. The molecule has 0 spiro atoms. The van der Waals surface area contributed by atoms with Crippen LogP contribution in [0.1, 0.15) is 48.4 Å². The highest BCUT2D eigenvalue weighted by Gasteiger charge is 2.55. The second-order valence-corrected chi connectivity index (χ2v) is 10.8. The number of carbonyl (C=O) groups excluding carboxylic acids is 2. The molecule has 1 aliphatic carbocycles. The minimum atomic E-state index is -5.05. The highest BCUT2D eigenvalue weighted by atomic mass is 19.4. The van der Waals surface area contributed by atoms with Gasteiger partial charge in [0.1, 0.15) is 11.9 Å². The van der Waals surface area contributed by atoms with Crippen LogP contribution in [-0.2, 0) is 33.5 Å². The molecule has 2 aromatic rings. The third-order valence-electron chi connectivity index (χ3n) is 8.70. The Hall–Kier alpha value is -2.97. The fourth-order valence-corrected chi connectivity index (χ4v) is 6.45. The van der Waals surface area contributed by atoms with Gasteiger partial charge < -0.3 is 9.80 Å². The fourth-order valence-electron chi connectivity index (χ4n) is 6.45. The number of likely N-dealkylation sites (tertiary alicyclic amines) is 2. The van der Waals surface area contributed by atoms with Gasteiger partial charge in [-0.1, -0.05) is 30.3 Å². The summed E-state index contributed by atoms with van der Waals surface area (Å²) in [5, 5.41) is 0. The number of halogens is 5. The maximum Gasteiger partial charge on any atom is 0.426 e. The number of rotatable bonds is 4. The minimum Gasteiger partial charge on any atom is -0.340 e. The number of likely N-dealkylation sites (N-methyl/N-ethyl adjacent to an activating group) is 1. The van der Waals surface area contributed by atoms with Crippen LogP contribution in [0, 0.1) is 11.7 Å². The van der Waals surface area contributed by atoms with Crippen molar-refractivity contribution in [2.45, 2.75) is 62.3 Å². The Morgan fingerprint density at radius 3 is 2.38 bits per heavy atom. The van der Waals surface area contributed by atoms with Gasteiger partial charge in [-0.25, -0.2) is 8.78 Å². The Labute approximate surface area is 212 Å². The topological polar surface area (TPSA) is 40.6 Å². The first-order chi connectivity index (χ1) is 17.3. The standard InChI is InChI=1S/C28H29F5N2O2/c1-26(30,28(31,32)33)19-7-10-22-18(13-19)5-6-20-15-35(25(37)23-11-12-24(36)34(23)2)16-27(20,22)14-17-3-8-21(29)9-4-17/h3-4,7-10,13,20,23H,5-6,11-12,14-16H2,1-2H3/t20?,23-,26?,27?/m0/s1. The van der Waals surface area contributed by atoms with E-state index in [9.17, 15) is 31.5 Å². The molecule has 37 heavy (non-hydrogen) atoms. The van der Waals surface area contributed by atoms with Crippen LogP contribution in [0.5, 0.6) is 0 Å². The van der Waals surface area contributed by atoms with Crippen LogP contribution in [0.2, 0.25) is 0 Å². The molecule has 0 N–H and O–H groups in total. The largest absolute Gasteiger partial charge is 0.426 e. The van der Waals surface area contributed by atoms with Gasteiger partial charge in [0.15, 0.2) is 0 Å². The first-order valence-electron chi connectivity index (χ1n) is 12.5. The zero-order valence-electron chi connectivity index (χ0n) is 20.7. The molecule has 0 radical (unpaired) electrons. The monoisotopic (exact) mass is 520 g/mol. The Morgan fingerprint density at radius 2 is 1.76 bits per heavy atom. The quantitative estimate of drug-likeness (QED) is 0.528. The van der Waals surface area contributed by atoms with Crippen molar-refractivity contribution in [3.05, 3.63) is 70.5 Å². The molecule has 2 aromatic carbocycles. The Bertz CT molecular complexity index is 1230. The summed E-state index contributed by atoms with van der Waals surface area (Å²) in [6.07, 6.45) is -2.73. The zero-order valence-corrected chi connectivity index (χ0v) is 20.7. The maximum atomic E-state index is 14.8. The highest BCUT2D eigenvalue weighted by Crippen LogP contribution is 2.51. The normalized spacial score (nSPS) is 27.2. The number of nitrogens with zero attached hydrogens (tertiary/aromatic N) is 2. The smallest absolute Gasteiger partial charge is 0.340 e. The van der Waals surface area contributed by atoms with Crippen molar-refractivity contribution in [1.82, 2.24) is 9.80 Å². The average Bonchev–Trinajstić information content (AvgIpc) is 3.39. The van der Waals surface area contributed by atoms with Crippen LogP contribution in [0.4, 0.5) is 22.0 Å². The number of fused-ring (bicyclic) bond motifs is 3. The van der Waals surface area contributed by atoms with Gasteiger partial charge in [0.25, 0.3) is 0 Å². The van der Waals surface area contributed by atoms with E-state index in [4.69, 9.17) is 0 Å². The average molecular weight is 521 g/mol. The van der Waals surface area contributed by atoms with Gasteiger partial charge >= 0.3 is 6.18 Å². The first-order valence-corrected chi connectivity index (χ1v) is 12.5. The summed E-state index contributed by atoms with van der Waals surface area (Å²) in [5.74, 6) is -0.569. The molecule has 0 bridgehead atoms. The molecular formula is C28H29F5N2O2. The van der Waals surface area contributed by atoms with E-state index < -0.39 is 28.9 Å². The SMILES string of the molecule is CN1C(=O)CC[C@H]1C(=O)N1CC2CCc3cc(C(C)(F)C(F)(F)F)ccc3C2(Cc2ccc(F)cc2)C1. The fraction of sp³-hybridized carbons (Fsp3) is 0.500. The van der Waals surface area contributed by atoms with E-state index in [1.165, 1.54) is 29.2 Å². The predicted octanol–water partition coefficient (Wildman–Crippen LogP) is 5.08. The molecule has 2 heterocycles. The summed E-state index contributed by atoms with van der Waals surface area (Å²) in [7, 11) is 1.63. The third kappa shape index (κ3) is 4.20. The second-order valence-electron chi connectivity index (χ2n) is 10.8. The lowest BCUT2D eigenvalue weighted by Gasteiger charge is -2.41. The van der Waals surface area contributed by atoms with Gasteiger partial charge in [0.2, 0.25) is 17.5 Å². The van der Waals surface area contributed by atoms with E-state index >= 15 is 0 Å². The number of aryl methyl sites for hydroxylation is 1. The molecule has 4 atom stereocenters. The van der Waals surface area contributed by atoms with Crippen molar-refractivity contribution in [3.63, 3.8) is 0 Å². The highest BCUT2D eigenvalue weighted by molar-refractivity contribution is 5.91. The molecule has 2 fully saturated rings. The van der Waals surface area contributed by atoms with E-state index in [0.29, 0.717) is 57.7 Å². The molecule has 0 saturated carbocycles. The second kappa shape index (κ2) is 8.81. The minimum absolute atomic E-state index is 0.0154. The number of benzene rings is 2. The number of carbonyl (C=O) groups is 2. The van der Waals surface area contributed by atoms with E-state index in [0.717, 1.165) is 11.1 Å². The lowest BCUT2D eigenvalue weighted by molar-refractivity contribution is -0.228. The zero-order chi connectivity index (χ0) is 26.8. The third-order valence-corrected chi connectivity index (χ3v) is 8.70. The van der Waals surface area contributed by atoms with Crippen LogP contribution < -0.4 is 0 Å². The predicted molar refractivity (Wildman–Crippen MR) is 127 cm³/mol. The molecule has 3 unspecified atom stereocenters. The molecule has 2 saturated heterocycles. The van der Waals surface area contributed by atoms with Gasteiger partial charge in [0, 0.05) is 32.0 Å². The van der Waals surface area contributed by atoms with E-state index in [1.54, 1.807) is 30.1 Å². The summed E-state index contributed by atoms with van der Waals surface area (Å²) < 4.78 is 68.7. The Morgan fingerprint density at radius 1 is 1.05 bits per heavy atom. The van der Waals surface area contributed by atoms with Crippen molar-refractivity contribution < 1.29 is 31.5 Å². The lowest BCUT2D eigenvalue weighted by Crippen LogP contribution is -2.46. The maximum absolute atomic E-state index is 14.8. The Balaban J connectivity index is 1.55. The van der Waals surface area contributed by atoms with Crippen molar-refractivity contribution in [3.8, 4) is 0 Å². The van der Waals surface area contributed by atoms with Gasteiger partial charge in [-0.3, -0.25) is 9.59 Å². The summed E-state index contributed by atoms with van der Waals surface area (Å²) in [6.45, 7) is 1.32. The molecule has 5 rings (SSSR count). The summed E-state index contributed by atoms with van der Waals surface area (Å²) in [5.41, 5.74) is -2.25. The van der Waals surface area contributed by atoms with Crippen LogP contribution in [0.15, 0.2) is 42.5 Å².